The fourth-order valence-electron chi connectivity index (χ4n) is 4.35. The number of pyridine rings is 1. The molecule has 0 bridgehead atoms. The summed E-state index contributed by atoms with van der Waals surface area (Å²) in [4.78, 5) is 22.9. The van der Waals surface area contributed by atoms with Crippen LogP contribution in [0.3, 0.4) is 0 Å². The van der Waals surface area contributed by atoms with Crippen LogP contribution in [0.1, 0.15) is 45.4 Å². The molecule has 28 heavy (non-hydrogen) atoms. The number of likely N-dealkylation sites (tertiary alicyclic amines) is 1. The number of rotatable bonds is 4. The zero-order valence-corrected chi connectivity index (χ0v) is 16.6. The van der Waals surface area contributed by atoms with Gasteiger partial charge in [-0.25, -0.2) is 0 Å². The molecule has 2 aliphatic heterocycles. The van der Waals surface area contributed by atoms with E-state index >= 15 is 0 Å². The van der Waals surface area contributed by atoms with Crippen molar-refractivity contribution in [2.75, 3.05) is 19.7 Å². The van der Waals surface area contributed by atoms with Crippen molar-refractivity contribution in [3.63, 3.8) is 0 Å². The maximum atomic E-state index is 12.2. The van der Waals surface area contributed by atoms with Crippen LogP contribution < -0.4 is 0 Å². The maximum Gasteiger partial charge on any atom is 0.227 e. The Balaban J connectivity index is 1.36. The summed E-state index contributed by atoms with van der Waals surface area (Å²) >= 11 is 0. The van der Waals surface area contributed by atoms with Gasteiger partial charge in [0, 0.05) is 50.0 Å². The van der Waals surface area contributed by atoms with Gasteiger partial charge in [0.25, 0.3) is 0 Å². The Morgan fingerprint density at radius 2 is 2.18 bits per heavy atom. The summed E-state index contributed by atoms with van der Waals surface area (Å²) in [6.45, 7) is 6.26. The molecule has 0 N–H and O–H groups in total. The number of hydrogen-bond acceptors (Lipinski definition) is 6. The first kappa shape index (κ1) is 19.1. The molecule has 150 valence electrons. The van der Waals surface area contributed by atoms with Gasteiger partial charge in [0.1, 0.15) is 0 Å². The summed E-state index contributed by atoms with van der Waals surface area (Å²) < 4.78 is 11.7. The van der Waals surface area contributed by atoms with Crippen LogP contribution in [0.2, 0.25) is 0 Å². The number of ether oxygens (including phenoxy) is 1. The summed E-state index contributed by atoms with van der Waals surface area (Å²) in [7, 11) is 0. The molecule has 2 aliphatic rings. The van der Waals surface area contributed by atoms with Crippen molar-refractivity contribution >= 4 is 5.91 Å². The lowest BCUT2D eigenvalue weighted by Crippen LogP contribution is -2.51. The Hall–Kier alpha value is -2.28. The SMILES string of the molecule is CC(C)C(=O)N1CCC2(CC1)CC(Cc1nc(-c3cccnc3)no1)CCO2. The van der Waals surface area contributed by atoms with E-state index in [4.69, 9.17) is 9.26 Å². The highest BCUT2D eigenvalue weighted by Crippen LogP contribution is 2.39. The van der Waals surface area contributed by atoms with Crippen LogP contribution in [0.25, 0.3) is 11.4 Å². The molecule has 2 aromatic heterocycles. The van der Waals surface area contributed by atoms with Crippen LogP contribution in [0.5, 0.6) is 0 Å². The van der Waals surface area contributed by atoms with E-state index in [1.807, 2.05) is 30.9 Å². The summed E-state index contributed by atoms with van der Waals surface area (Å²) in [5, 5.41) is 4.10. The minimum Gasteiger partial charge on any atom is -0.375 e. The van der Waals surface area contributed by atoms with E-state index in [1.165, 1.54) is 0 Å². The molecule has 7 heteroatoms. The standard InChI is InChI=1S/C21H28N4O3/c1-15(2)20(26)25-9-6-21(7-10-25)13-16(5-11-27-21)12-18-23-19(24-28-18)17-4-3-8-22-14-17/h3-4,8,14-16H,5-7,9-13H2,1-2H3. The lowest BCUT2D eigenvalue weighted by Gasteiger charge is -2.46. The van der Waals surface area contributed by atoms with Crippen molar-refractivity contribution in [3.8, 4) is 11.4 Å². The predicted molar refractivity (Wildman–Crippen MR) is 103 cm³/mol. The van der Waals surface area contributed by atoms with Gasteiger partial charge in [0.15, 0.2) is 0 Å². The van der Waals surface area contributed by atoms with Gasteiger partial charge >= 0.3 is 0 Å². The Morgan fingerprint density at radius 1 is 1.36 bits per heavy atom. The van der Waals surface area contributed by atoms with E-state index in [0.717, 1.165) is 57.4 Å². The van der Waals surface area contributed by atoms with Gasteiger partial charge in [0.2, 0.25) is 17.6 Å². The molecule has 0 aromatic carbocycles. The molecule has 2 aromatic rings. The van der Waals surface area contributed by atoms with E-state index in [9.17, 15) is 4.79 Å². The average molecular weight is 384 g/mol. The van der Waals surface area contributed by atoms with Crippen molar-refractivity contribution in [1.29, 1.82) is 0 Å². The first-order valence-corrected chi connectivity index (χ1v) is 10.2. The third kappa shape index (κ3) is 4.09. The summed E-state index contributed by atoms with van der Waals surface area (Å²) in [5.41, 5.74) is 0.756. The molecule has 1 atom stereocenters. The molecule has 1 unspecified atom stereocenters. The molecular formula is C21H28N4O3. The highest BCUT2D eigenvalue weighted by molar-refractivity contribution is 5.78. The minimum absolute atomic E-state index is 0.0561. The van der Waals surface area contributed by atoms with Crippen LogP contribution >= 0.6 is 0 Å². The summed E-state index contributed by atoms with van der Waals surface area (Å²) in [6, 6.07) is 3.79. The van der Waals surface area contributed by atoms with Crippen molar-refractivity contribution in [1.82, 2.24) is 20.0 Å². The number of carbonyl (C=O) groups is 1. The third-order valence-electron chi connectivity index (χ3n) is 5.93. The lowest BCUT2D eigenvalue weighted by atomic mass is 9.78. The molecule has 4 rings (SSSR count). The average Bonchev–Trinajstić information content (AvgIpc) is 3.17. The first-order valence-electron chi connectivity index (χ1n) is 10.2. The molecule has 1 spiro atoms. The zero-order chi connectivity index (χ0) is 19.6. The third-order valence-corrected chi connectivity index (χ3v) is 5.93. The van der Waals surface area contributed by atoms with Crippen molar-refractivity contribution in [2.45, 2.75) is 51.6 Å². The Bertz CT molecular complexity index is 797. The second kappa shape index (κ2) is 7.99. The number of nitrogens with zero attached hydrogens (tertiary/aromatic N) is 4. The highest BCUT2D eigenvalue weighted by atomic mass is 16.5. The number of amides is 1. The van der Waals surface area contributed by atoms with Gasteiger partial charge in [-0.15, -0.1) is 0 Å². The van der Waals surface area contributed by atoms with E-state index < -0.39 is 0 Å². The molecule has 0 saturated carbocycles. The van der Waals surface area contributed by atoms with E-state index in [2.05, 4.69) is 15.1 Å². The van der Waals surface area contributed by atoms with Crippen LogP contribution in [-0.4, -0.2) is 51.2 Å². The lowest BCUT2D eigenvalue weighted by molar-refractivity contribution is -0.149. The van der Waals surface area contributed by atoms with Gasteiger partial charge in [-0.3, -0.25) is 9.78 Å². The van der Waals surface area contributed by atoms with Gasteiger partial charge < -0.3 is 14.2 Å². The zero-order valence-electron chi connectivity index (χ0n) is 16.6. The van der Waals surface area contributed by atoms with Gasteiger partial charge in [-0.2, -0.15) is 4.98 Å². The molecule has 2 fully saturated rings. The fraction of sp³-hybridized carbons (Fsp3) is 0.619. The van der Waals surface area contributed by atoms with E-state index in [0.29, 0.717) is 17.6 Å². The maximum absolute atomic E-state index is 12.2. The summed E-state index contributed by atoms with van der Waals surface area (Å²) in [6.07, 6.45) is 8.05. The van der Waals surface area contributed by atoms with E-state index in [1.54, 1.807) is 12.4 Å². The second-order valence-corrected chi connectivity index (χ2v) is 8.33. The smallest absolute Gasteiger partial charge is 0.227 e. The minimum atomic E-state index is -0.108. The van der Waals surface area contributed by atoms with Crippen molar-refractivity contribution in [2.24, 2.45) is 11.8 Å². The Kier molecular flexibility index (Phi) is 5.44. The second-order valence-electron chi connectivity index (χ2n) is 8.33. The Morgan fingerprint density at radius 3 is 2.89 bits per heavy atom. The molecular weight excluding hydrogens is 356 g/mol. The van der Waals surface area contributed by atoms with Gasteiger partial charge in [0.05, 0.1) is 5.60 Å². The Labute approximate surface area is 165 Å². The fourth-order valence-corrected chi connectivity index (χ4v) is 4.35. The largest absolute Gasteiger partial charge is 0.375 e. The van der Waals surface area contributed by atoms with Crippen molar-refractivity contribution in [3.05, 3.63) is 30.4 Å². The quantitative estimate of drug-likeness (QED) is 0.806. The van der Waals surface area contributed by atoms with Gasteiger partial charge in [-0.1, -0.05) is 19.0 Å². The van der Waals surface area contributed by atoms with Crippen LogP contribution in [0, 0.1) is 11.8 Å². The molecule has 1 amide bonds. The normalized spacial score (nSPS) is 22.0. The summed E-state index contributed by atoms with van der Waals surface area (Å²) in [5.74, 6) is 2.03. The first-order chi connectivity index (χ1) is 13.5. The highest BCUT2D eigenvalue weighted by Gasteiger charge is 2.41. The number of aromatic nitrogens is 3. The van der Waals surface area contributed by atoms with Crippen LogP contribution in [-0.2, 0) is 16.0 Å². The predicted octanol–water partition coefficient (Wildman–Crippen LogP) is 3.12. The molecule has 0 radical (unpaired) electrons. The van der Waals surface area contributed by atoms with Crippen molar-refractivity contribution < 1.29 is 14.1 Å². The number of carbonyl (C=O) groups excluding carboxylic acids is 1. The molecule has 4 heterocycles. The number of piperidine rings is 1. The molecule has 0 aliphatic carbocycles. The van der Waals surface area contributed by atoms with Crippen LogP contribution in [0.4, 0.5) is 0 Å². The van der Waals surface area contributed by atoms with Crippen LogP contribution in [0.15, 0.2) is 29.0 Å². The number of hydrogen-bond donors (Lipinski definition) is 0. The molecule has 7 nitrogen and oxygen atoms in total. The van der Waals surface area contributed by atoms with E-state index in [-0.39, 0.29) is 17.4 Å². The molecule has 2 saturated heterocycles. The monoisotopic (exact) mass is 384 g/mol. The van der Waals surface area contributed by atoms with Gasteiger partial charge in [-0.05, 0) is 43.7 Å². The topological polar surface area (TPSA) is 81.4 Å².